The van der Waals surface area contributed by atoms with E-state index in [-0.39, 0.29) is 25.2 Å². The fourth-order valence-electron chi connectivity index (χ4n) is 17.8. The maximum absolute atomic E-state index is 15.5. The molecule has 7 saturated heterocycles. The van der Waals surface area contributed by atoms with Gasteiger partial charge in [0.05, 0.1) is 57.3 Å². The number of esters is 1. The average molecular weight is 1450 g/mol. The summed E-state index contributed by atoms with van der Waals surface area (Å²) in [6.07, 6.45) is -63.1. The lowest BCUT2D eigenvalue weighted by atomic mass is 9.41. The van der Waals surface area contributed by atoms with Crippen molar-refractivity contribution in [3.05, 3.63) is 12.2 Å². The van der Waals surface area contributed by atoms with E-state index in [2.05, 4.69) is 13.5 Å². The molecule has 38 nitrogen and oxygen atoms in total. The lowest BCUT2D eigenvalue weighted by Crippen LogP contribution is -2.68. The molecule has 41 atom stereocenters. The van der Waals surface area contributed by atoms with Gasteiger partial charge >= 0.3 is 5.97 Å². The minimum atomic E-state index is -2.17. The number of aliphatic hydroxyl groups excluding tert-OH is 23. The Labute approximate surface area is 571 Å². The summed E-state index contributed by atoms with van der Waals surface area (Å²) >= 11 is 0. The van der Waals surface area contributed by atoms with Crippen LogP contribution in [-0.2, 0) is 71.1 Å². The Bertz CT molecular complexity index is 2720. The molecule has 100 heavy (non-hydrogen) atoms. The minimum absolute atomic E-state index is 0.185. The van der Waals surface area contributed by atoms with Crippen molar-refractivity contribution in [2.75, 3.05) is 46.2 Å². The highest BCUT2D eigenvalue weighted by Gasteiger charge is 2.70. The molecule has 7 heterocycles. The van der Waals surface area contributed by atoms with E-state index in [9.17, 15) is 117 Å². The van der Waals surface area contributed by atoms with Gasteiger partial charge in [0.1, 0.15) is 165 Å². The van der Waals surface area contributed by atoms with Crippen LogP contribution in [0.25, 0.3) is 0 Å². The van der Waals surface area contributed by atoms with Gasteiger partial charge in [-0.1, -0.05) is 19.9 Å². The van der Waals surface area contributed by atoms with Crippen LogP contribution < -0.4 is 0 Å². The van der Waals surface area contributed by atoms with Gasteiger partial charge in [0.15, 0.2) is 43.8 Å². The van der Waals surface area contributed by atoms with Crippen LogP contribution in [-0.4, -0.2) is 390 Å². The molecule has 11 aliphatic rings. The van der Waals surface area contributed by atoms with E-state index in [1.54, 1.807) is 6.92 Å². The van der Waals surface area contributed by atoms with Crippen LogP contribution in [0.1, 0.15) is 71.6 Å². The van der Waals surface area contributed by atoms with Gasteiger partial charge in [-0.2, -0.15) is 0 Å². The smallest absolute Gasteiger partial charge is 0.314 e. The molecule has 0 aromatic rings. The number of fused-ring (bicyclic) bond motifs is 3. The van der Waals surface area contributed by atoms with Crippen LogP contribution in [0.5, 0.6) is 0 Å². The molecule has 0 aromatic carbocycles. The molecule has 4 aliphatic carbocycles. The monoisotopic (exact) mass is 1450 g/mol. The second kappa shape index (κ2) is 31.2. The van der Waals surface area contributed by atoms with Crippen molar-refractivity contribution in [1.82, 2.24) is 0 Å². The summed E-state index contributed by atoms with van der Waals surface area (Å²) < 4.78 is 84.6. The Morgan fingerprint density at radius 1 is 0.400 bits per heavy atom. The van der Waals surface area contributed by atoms with Gasteiger partial charge < -0.3 is 184 Å². The Morgan fingerprint density at radius 3 is 1.19 bits per heavy atom. The van der Waals surface area contributed by atoms with Gasteiger partial charge in [-0.25, -0.2) is 0 Å². The number of rotatable bonds is 21. The fraction of sp³-hybridized carbons (Fsp3) is 0.952. The van der Waals surface area contributed by atoms with Gasteiger partial charge in [-0.05, 0) is 86.5 Å². The van der Waals surface area contributed by atoms with Crippen LogP contribution in [0, 0.1) is 28.1 Å². The predicted octanol–water partition coefficient (Wildman–Crippen LogP) is -11.6. The van der Waals surface area contributed by atoms with E-state index < -0.39 is 295 Å². The van der Waals surface area contributed by atoms with Gasteiger partial charge in [0.2, 0.25) is 6.29 Å². The van der Waals surface area contributed by atoms with E-state index in [0.717, 1.165) is 0 Å². The third-order valence-corrected chi connectivity index (χ3v) is 23.4. The van der Waals surface area contributed by atoms with Crippen LogP contribution in [0.4, 0.5) is 0 Å². The maximum atomic E-state index is 15.5. The van der Waals surface area contributed by atoms with Gasteiger partial charge in [0, 0.05) is 0 Å². The van der Waals surface area contributed by atoms with Gasteiger partial charge in [0.25, 0.3) is 0 Å². The first kappa shape index (κ1) is 78.8. The highest BCUT2D eigenvalue weighted by Crippen LogP contribution is 2.74. The minimum Gasteiger partial charge on any atom is -0.432 e. The molecule has 576 valence electrons. The fourth-order valence-corrected chi connectivity index (χ4v) is 17.8. The summed E-state index contributed by atoms with van der Waals surface area (Å²) in [7, 11) is 0. The SMILES string of the molecule is C=C1C[C@@]23CC[C@H]4[C@@](C)(CCC[C@@]4(C)C(=O)OC4OC(CO)C(O)C(OC5OC(CO)C(O)C(O)C5O)C4OC4OC(CO)C(O)C(O)C4O)[C@@H]2CC[C@]1(OC1OC(CO)C(O)C(OC2OC(COC4OC(CO)C(O)C(O)C4O)C(O)C(O)C2O)C1OC1OC(CO)C(O)C(O)C1O)C3. The maximum Gasteiger partial charge on any atom is 0.314 e. The molecule has 2 bridgehead atoms. The van der Waals surface area contributed by atoms with Crippen molar-refractivity contribution >= 4 is 5.97 Å². The first-order chi connectivity index (χ1) is 47.3. The summed E-state index contributed by atoms with van der Waals surface area (Å²) in [5.74, 6) is -1.56. The zero-order valence-corrected chi connectivity index (χ0v) is 54.8. The molecule has 0 amide bonds. The number of aliphatic hydroxyl groups is 23. The van der Waals surface area contributed by atoms with E-state index >= 15 is 4.79 Å². The first-order valence-electron chi connectivity index (χ1n) is 33.9. The van der Waals surface area contributed by atoms with Gasteiger partial charge in [-0.3, -0.25) is 4.79 Å². The number of hydrogen-bond donors (Lipinski definition) is 23. The second-order valence-electron chi connectivity index (χ2n) is 29.3. The third kappa shape index (κ3) is 14.1. The lowest BCUT2D eigenvalue weighted by Gasteiger charge is -2.64. The summed E-state index contributed by atoms with van der Waals surface area (Å²) in [6, 6.07) is 0. The molecule has 38 heteroatoms. The van der Waals surface area contributed by atoms with Crippen molar-refractivity contribution in [2.24, 2.45) is 28.1 Å². The largest absolute Gasteiger partial charge is 0.432 e. The Morgan fingerprint density at radius 2 is 0.750 bits per heavy atom. The van der Waals surface area contributed by atoms with Crippen molar-refractivity contribution < 1.29 is 189 Å². The van der Waals surface area contributed by atoms with Gasteiger partial charge in [-0.15, -0.1) is 0 Å². The van der Waals surface area contributed by atoms with Crippen LogP contribution in [0.15, 0.2) is 12.2 Å². The molecule has 23 N–H and O–H groups in total. The predicted molar refractivity (Wildman–Crippen MR) is 317 cm³/mol. The van der Waals surface area contributed by atoms with Crippen LogP contribution >= 0.6 is 0 Å². The number of carbonyl (C=O) groups is 1. The van der Waals surface area contributed by atoms with E-state index in [1.165, 1.54) is 0 Å². The summed E-state index contributed by atoms with van der Waals surface area (Å²) in [5, 5.41) is 249. The van der Waals surface area contributed by atoms with Crippen LogP contribution in [0.2, 0.25) is 0 Å². The van der Waals surface area contributed by atoms with Crippen molar-refractivity contribution in [3.8, 4) is 0 Å². The standard InChI is InChI=1S/C62H100O38/c1-20-11-61-9-5-28-59(2,7-4-8-60(28,3)58(86)99-56-49(97-53-44(83)39(78)32(71)23(14-65)90-53)47(35(74)25(16-67)92-56)95-52-43(82)38(77)31(70)22(13-64)89-52)29(61)6-10-62(20,19-61)100-57-50(98-54-45(84)40(79)33(72)24(15-66)91-54)48(36(75)26(17-68)93-57)96-55-46(85)41(80)34(73)27(94-55)18-87-51-42(81)37(76)30(69)21(12-63)88-51/h21-57,63-85H,1,4-19H2,2-3H3/t21?,22?,23?,24?,25?,26?,27?,28-,29-,30?,31?,32?,33?,34?,35?,36?,37?,38?,39?,40?,41?,42?,43?,44?,45?,46?,47?,48?,49?,50?,51?,52?,53?,54?,55?,56?,57?,59+,60+,61+,62-/m0/s1. The zero-order chi connectivity index (χ0) is 72.7. The number of carbonyl (C=O) groups excluding carboxylic acids is 1. The average Bonchev–Trinajstić information content (AvgIpc) is 1.43. The highest BCUT2D eigenvalue weighted by molar-refractivity contribution is 5.77. The molecule has 11 rings (SSSR count). The molecule has 4 saturated carbocycles. The summed E-state index contributed by atoms with van der Waals surface area (Å²) in [4.78, 5) is 15.5. The lowest BCUT2D eigenvalue weighted by molar-refractivity contribution is -0.401. The molecule has 0 aromatic heterocycles. The quantitative estimate of drug-likeness (QED) is 0.0288. The molecular formula is C62H100O38. The van der Waals surface area contributed by atoms with Crippen LogP contribution in [0.3, 0.4) is 0 Å². The molecule has 0 radical (unpaired) electrons. The summed E-state index contributed by atoms with van der Waals surface area (Å²) in [6.45, 7) is 2.06. The Kier molecular flexibility index (Phi) is 24.6. The molecule has 11 fully saturated rings. The van der Waals surface area contributed by atoms with Crippen molar-refractivity contribution in [2.45, 2.75) is 292 Å². The van der Waals surface area contributed by atoms with E-state index in [4.69, 9.17) is 66.3 Å². The normalized spacial score (nSPS) is 54.5. The summed E-state index contributed by atoms with van der Waals surface area (Å²) in [5.41, 5.74) is -3.52. The molecular weight excluding hydrogens is 1350 g/mol. The second-order valence-corrected chi connectivity index (χ2v) is 29.3. The Hall–Kier alpha value is -2.23. The molecule has 35 unspecified atom stereocenters. The highest BCUT2D eigenvalue weighted by atomic mass is 16.8. The van der Waals surface area contributed by atoms with Crippen molar-refractivity contribution in [1.29, 1.82) is 0 Å². The molecule has 1 spiro atoms. The first-order valence-corrected chi connectivity index (χ1v) is 33.9. The van der Waals surface area contributed by atoms with E-state index in [0.29, 0.717) is 44.1 Å². The topological polar surface area (TPSA) is 612 Å². The number of ether oxygens (including phenoxy) is 14. The Balaban J connectivity index is 0.853. The van der Waals surface area contributed by atoms with Crippen molar-refractivity contribution in [3.63, 3.8) is 0 Å². The number of hydrogen-bond acceptors (Lipinski definition) is 38. The zero-order valence-electron chi connectivity index (χ0n) is 54.8. The molecule has 7 aliphatic heterocycles. The van der Waals surface area contributed by atoms with E-state index in [1.807, 2.05) is 0 Å². The third-order valence-electron chi connectivity index (χ3n) is 23.4.